The van der Waals surface area contributed by atoms with Crippen molar-refractivity contribution in [3.8, 4) is 0 Å². The number of nitrogens with one attached hydrogen (secondary N) is 1. The molecule has 0 aromatic carbocycles. The number of aromatic nitrogens is 3. The molecule has 0 saturated heterocycles. The zero-order chi connectivity index (χ0) is 15.6. The number of ether oxygens (including phenoxy) is 1. The van der Waals surface area contributed by atoms with Gasteiger partial charge >= 0.3 is 5.97 Å². The third kappa shape index (κ3) is 3.87. The van der Waals surface area contributed by atoms with Crippen molar-refractivity contribution >= 4 is 25.1 Å². The first-order chi connectivity index (χ1) is 9.78. The van der Waals surface area contributed by atoms with Gasteiger partial charge in [0.15, 0.2) is 17.6 Å². The third-order valence-corrected chi connectivity index (χ3v) is 4.76. The van der Waals surface area contributed by atoms with E-state index in [-0.39, 0.29) is 5.69 Å². The molecule has 0 aliphatic heterocycles. The highest BCUT2D eigenvalue weighted by atomic mass is 28.3. The van der Waals surface area contributed by atoms with Crippen LogP contribution in [0.25, 0.3) is 11.0 Å². The van der Waals surface area contributed by atoms with Crippen molar-refractivity contribution in [3.63, 3.8) is 0 Å². The quantitative estimate of drug-likeness (QED) is 0.556. The average Bonchev–Trinajstić information content (AvgIpc) is 2.79. The molecule has 0 fully saturated rings. The fourth-order valence-corrected chi connectivity index (χ4v) is 2.52. The van der Waals surface area contributed by atoms with Crippen LogP contribution in [0.4, 0.5) is 0 Å². The van der Waals surface area contributed by atoms with Crippen molar-refractivity contribution in [1.82, 2.24) is 15.2 Å². The summed E-state index contributed by atoms with van der Waals surface area (Å²) in [5.41, 5.74) is 0.668. The van der Waals surface area contributed by atoms with Crippen LogP contribution >= 0.6 is 0 Å². The molecule has 1 unspecified atom stereocenters. The first-order valence-electron chi connectivity index (χ1n) is 6.65. The normalized spacial score (nSPS) is 13.5. The van der Waals surface area contributed by atoms with Gasteiger partial charge in [0.1, 0.15) is 0 Å². The zero-order valence-corrected chi connectivity index (χ0v) is 13.3. The van der Waals surface area contributed by atoms with Crippen LogP contribution in [0.5, 0.6) is 0 Å². The van der Waals surface area contributed by atoms with Crippen molar-refractivity contribution in [2.75, 3.05) is 6.61 Å². The predicted molar refractivity (Wildman–Crippen MR) is 79.9 cm³/mol. The molecule has 7 nitrogen and oxygen atoms in total. The average molecular weight is 309 g/mol. The van der Waals surface area contributed by atoms with E-state index in [0.717, 1.165) is 6.04 Å². The minimum Gasteiger partial charge on any atom is -0.477 e. The Balaban J connectivity index is 2.14. The number of H-pyrrole nitrogens is 1. The largest absolute Gasteiger partial charge is 0.477 e. The maximum absolute atomic E-state index is 11.1. The lowest BCUT2D eigenvalue weighted by atomic mass is 10.2. The smallest absolute Gasteiger partial charge is 0.354 e. The molecule has 0 bridgehead atoms. The van der Waals surface area contributed by atoms with E-state index in [1.54, 1.807) is 0 Å². The minimum absolute atomic E-state index is 0.0475. The molecule has 0 saturated carbocycles. The molecule has 2 rings (SSSR count). The Bertz CT molecular complexity index is 650. The fourth-order valence-electron chi connectivity index (χ4n) is 1.79. The second kappa shape index (κ2) is 5.92. The molecule has 2 aromatic rings. The molecular weight excluding hydrogens is 290 g/mol. The van der Waals surface area contributed by atoms with E-state index < -0.39 is 20.3 Å². The lowest BCUT2D eigenvalue weighted by Gasteiger charge is -2.18. The van der Waals surface area contributed by atoms with Crippen molar-refractivity contribution in [3.05, 3.63) is 23.5 Å². The number of fused-ring (bicyclic) bond motifs is 1. The number of carboxylic acid groups (broad SMARTS) is 1. The highest BCUT2D eigenvalue weighted by Gasteiger charge is 2.18. The van der Waals surface area contributed by atoms with Gasteiger partial charge in [-0.25, -0.2) is 9.78 Å². The zero-order valence-electron chi connectivity index (χ0n) is 12.3. The standard InChI is InChI=1S/C13H19N3O4Si/c1-21(2,3)5-4-20-13(19)8-6-9-10(12(17)18)15-16-11(9)14-7-8/h6-7,13,19H,4-5H2,1-3H3,(H,17,18)(H,14,15,16). The van der Waals surface area contributed by atoms with Crippen LogP contribution in [0.15, 0.2) is 12.3 Å². The summed E-state index contributed by atoms with van der Waals surface area (Å²) in [6, 6.07) is 2.47. The Morgan fingerprint density at radius 3 is 2.81 bits per heavy atom. The summed E-state index contributed by atoms with van der Waals surface area (Å²) >= 11 is 0. The number of aliphatic hydroxyl groups is 1. The number of hydrogen-bond acceptors (Lipinski definition) is 5. The van der Waals surface area contributed by atoms with E-state index in [4.69, 9.17) is 9.84 Å². The van der Waals surface area contributed by atoms with Crippen LogP contribution in [-0.4, -0.2) is 46.0 Å². The number of aromatic amines is 1. The molecular formula is C13H19N3O4Si. The molecule has 0 aliphatic rings. The van der Waals surface area contributed by atoms with Crippen molar-refractivity contribution in [2.24, 2.45) is 0 Å². The maximum atomic E-state index is 11.1. The van der Waals surface area contributed by atoms with Crippen molar-refractivity contribution in [2.45, 2.75) is 32.0 Å². The minimum atomic E-state index is -1.23. The van der Waals surface area contributed by atoms with E-state index in [1.807, 2.05) is 0 Å². The Morgan fingerprint density at radius 2 is 2.19 bits per heavy atom. The molecule has 0 radical (unpaired) electrons. The number of rotatable bonds is 6. The van der Waals surface area contributed by atoms with Crippen LogP contribution in [0, 0.1) is 0 Å². The van der Waals surface area contributed by atoms with Gasteiger partial charge < -0.3 is 14.9 Å². The van der Waals surface area contributed by atoms with E-state index in [1.165, 1.54) is 12.3 Å². The van der Waals surface area contributed by atoms with Gasteiger partial charge in [-0.1, -0.05) is 19.6 Å². The van der Waals surface area contributed by atoms with Crippen LogP contribution < -0.4 is 0 Å². The second-order valence-electron chi connectivity index (χ2n) is 6.08. The van der Waals surface area contributed by atoms with E-state index in [9.17, 15) is 9.90 Å². The van der Waals surface area contributed by atoms with Crippen molar-refractivity contribution in [1.29, 1.82) is 0 Å². The van der Waals surface area contributed by atoms with Gasteiger partial charge in [-0.3, -0.25) is 5.10 Å². The Hall–Kier alpha value is -1.77. The molecule has 0 aliphatic carbocycles. The van der Waals surface area contributed by atoms with Gasteiger partial charge in [-0.05, 0) is 12.1 Å². The Kier molecular flexibility index (Phi) is 4.40. The topological polar surface area (TPSA) is 108 Å². The number of aromatic carboxylic acids is 1. The fraction of sp³-hybridized carbons (Fsp3) is 0.462. The SMILES string of the molecule is C[Si](C)(C)CCOC(O)c1cnc2n[nH]c(C(=O)O)c2c1. The molecule has 8 heteroatoms. The third-order valence-electron chi connectivity index (χ3n) is 3.06. The molecule has 0 amide bonds. The van der Waals surface area contributed by atoms with E-state index >= 15 is 0 Å². The van der Waals surface area contributed by atoms with Crippen molar-refractivity contribution < 1.29 is 19.7 Å². The van der Waals surface area contributed by atoms with Crippen LogP contribution in [0.1, 0.15) is 22.3 Å². The summed E-state index contributed by atoms with van der Waals surface area (Å²) in [6.07, 6.45) is 0.323. The molecule has 2 heterocycles. The Morgan fingerprint density at radius 1 is 1.48 bits per heavy atom. The molecule has 1 atom stereocenters. The van der Waals surface area contributed by atoms with Gasteiger partial charge in [0.05, 0.1) is 5.39 Å². The molecule has 21 heavy (non-hydrogen) atoms. The summed E-state index contributed by atoms with van der Waals surface area (Å²) in [5.74, 6) is -1.12. The van der Waals surface area contributed by atoms with Gasteiger partial charge in [0.25, 0.3) is 0 Å². The number of aliphatic hydroxyl groups excluding tert-OH is 1. The first-order valence-corrected chi connectivity index (χ1v) is 10.4. The summed E-state index contributed by atoms with van der Waals surface area (Å²) in [7, 11) is -1.23. The van der Waals surface area contributed by atoms with E-state index in [2.05, 4.69) is 34.8 Å². The highest BCUT2D eigenvalue weighted by Crippen LogP contribution is 2.21. The number of carboxylic acids is 1. The molecule has 114 valence electrons. The number of carbonyl (C=O) groups is 1. The van der Waals surface area contributed by atoms with Gasteiger partial charge in [-0.15, -0.1) is 0 Å². The lowest BCUT2D eigenvalue weighted by Crippen LogP contribution is -2.22. The summed E-state index contributed by atoms with van der Waals surface area (Å²) in [5, 5.41) is 25.6. The number of nitrogens with zero attached hydrogens (tertiary/aromatic N) is 2. The van der Waals surface area contributed by atoms with Gasteiger partial charge in [0.2, 0.25) is 0 Å². The first kappa shape index (κ1) is 15.6. The predicted octanol–water partition coefficient (Wildman–Crippen LogP) is 2.00. The highest BCUT2D eigenvalue weighted by molar-refractivity contribution is 6.76. The summed E-state index contributed by atoms with van der Waals surface area (Å²) in [6.45, 7) is 7.13. The van der Waals surface area contributed by atoms with Crippen LogP contribution in [0.2, 0.25) is 25.7 Å². The maximum Gasteiger partial charge on any atom is 0.354 e. The Labute approximate surface area is 123 Å². The number of hydrogen-bond donors (Lipinski definition) is 3. The van der Waals surface area contributed by atoms with Crippen LogP contribution in [0.3, 0.4) is 0 Å². The second-order valence-corrected chi connectivity index (χ2v) is 11.7. The molecule has 0 spiro atoms. The number of pyridine rings is 1. The summed E-state index contributed by atoms with van der Waals surface area (Å²) in [4.78, 5) is 15.1. The van der Waals surface area contributed by atoms with Crippen LogP contribution in [-0.2, 0) is 4.74 Å². The monoisotopic (exact) mass is 309 g/mol. The van der Waals surface area contributed by atoms with E-state index in [0.29, 0.717) is 23.2 Å². The molecule has 2 aromatic heterocycles. The van der Waals surface area contributed by atoms with Gasteiger partial charge in [-0.2, -0.15) is 5.10 Å². The lowest BCUT2D eigenvalue weighted by molar-refractivity contribution is -0.0982. The van der Waals surface area contributed by atoms with Gasteiger partial charge in [0, 0.05) is 26.4 Å². The summed E-state index contributed by atoms with van der Waals surface area (Å²) < 4.78 is 5.40. The molecule has 3 N–H and O–H groups in total.